The lowest BCUT2D eigenvalue weighted by Crippen LogP contribution is -2.23. The highest BCUT2D eigenvalue weighted by atomic mass is 79.9. The van der Waals surface area contributed by atoms with Gasteiger partial charge in [-0.2, -0.15) is 0 Å². The fourth-order valence-corrected chi connectivity index (χ4v) is 4.94. The van der Waals surface area contributed by atoms with Crippen LogP contribution in [0.1, 0.15) is 46.4 Å². The predicted octanol–water partition coefficient (Wildman–Crippen LogP) is 4.94. The minimum absolute atomic E-state index is 0.115. The van der Waals surface area contributed by atoms with Crippen molar-refractivity contribution in [3.63, 3.8) is 0 Å². The summed E-state index contributed by atoms with van der Waals surface area (Å²) < 4.78 is 1.18. The molecule has 1 aliphatic carbocycles. The average Bonchev–Trinajstić information content (AvgIpc) is 2.76. The molecule has 2 aromatic rings. The van der Waals surface area contributed by atoms with Gasteiger partial charge in [0.05, 0.1) is 3.79 Å². The van der Waals surface area contributed by atoms with E-state index in [1.807, 2.05) is 0 Å². The summed E-state index contributed by atoms with van der Waals surface area (Å²) in [4.78, 5) is 1.34. The molecular formula is C16H18BrNS. The van der Waals surface area contributed by atoms with Crippen molar-refractivity contribution < 1.29 is 0 Å². The smallest absolute Gasteiger partial charge is 0.0704 e. The van der Waals surface area contributed by atoms with Gasteiger partial charge in [0.1, 0.15) is 0 Å². The summed E-state index contributed by atoms with van der Waals surface area (Å²) in [6, 6.07) is 11.1. The van der Waals surface area contributed by atoms with E-state index in [4.69, 9.17) is 5.73 Å². The molecule has 19 heavy (non-hydrogen) atoms. The minimum atomic E-state index is 0.115. The van der Waals surface area contributed by atoms with Gasteiger partial charge in [-0.25, -0.2) is 0 Å². The molecule has 2 atom stereocenters. The molecule has 0 bridgehead atoms. The van der Waals surface area contributed by atoms with Crippen LogP contribution in [0.4, 0.5) is 0 Å². The monoisotopic (exact) mass is 335 g/mol. The first-order valence-corrected chi connectivity index (χ1v) is 8.37. The Kier molecular flexibility index (Phi) is 3.79. The highest BCUT2D eigenvalue weighted by molar-refractivity contribution is 9.11. The zero-order chi connectivity index (χ0) is 13.4. The lowest BCUT2D eigenvalue weighted by Gasteiger charge is -2.30. The van der Waals surface area contributed by atoms with Gasteiger partial charge in [-0.3, -0.25) is 0 Å². The predicted molar refractivity (Wildman–Crippen MR) is 85.8 cm³/mol. The molecule has 1 aliphatic rings. The van der Waals surface area contributed by atoms with E-state index in [0.717, 1.165) is 0 Å². The zero-order valence-corrected chi connectivity index (χ0v) is 13.4. The van der Waals surface area contributed by atoms with Crippen molar-refractivity contribution in [2.75, 3.05) is 0 Å². The molecule has 0 aliphatic heterocycles. The number of halogens is 1. The number of rotatable bonds is 2. The molecule has 1 aromatic heterocycles. The van der Waals surface area contributed by atoms with Crippen LogP contribution in [0, 0.1) is 6.92 Å². The summed E-state index contributed by atoms with van der Waals surface area (Å²) in [6.07, 6.45) is 3.65. The van der Waals surface area contributed by atoms with Crippen LogP contribution in [0.3, 0.4) is 0 Å². The Morgan fingerprint density at radius 3 is 2.89 bits per heavy atom. The van der Waals surface area contributed by atoms with Crippen molar-refractivity contribution >= 4 is 27.3 Å². The lowest BCUT2D eigenvalue weighted by molar-refractivity contribution is 0.474. The van der Waals surface area contributed by atoms with E-state index < -0.39 is 0 Å². The molecule has 1 heterocycles. The number of nitrogens with two attached hydrogens (primary N) is 1. The van der Waals surface area contributed by atoms with E-state index in [1.54, 1.807) is 11.3 Å². The average molecular weight is 336 g/mol. The van der Waals surface area contributed by atoms with Gasteiger partial charge in [-0.1, -0.05) is 24.3 Å². The third-order valence-electron chi connectivity index (χ3n) is 4.13. The number of fused-ring (bicyclic) bond motifs is 1. The van der Waals surface area contributed by atoms with Crippen molar-refractivity contribution in [1.29, 1.82) is 0 Å². The van der Waals surface area contributed by atoms with Crippen molar-refractivity contribution in [2.24, 2.45) is 5.73 Å². The number of hydrogen-bond acceptors (Lipinski definition) is 2. The Hall–Kier alpha value is -0.640. The Morgan fingerprint density at radius 2 is 2.16 bits per heavy atom. The van der Waals surface area contributed by atoms with Crippen LogP contribution in [-0.2, 0) is 6.42 Å². The van der Waals surface area contributed by atoms with E-state index in [1.165, 1.54) is 44.6 Å². The molecule has 0 spiro atoms. The number of hydrogen-bond donors (Lipinski definition) is 1. The van der Waals surface area contributed by atoms with Gasteiger partial charge in [-0.05, 0) is 64.9 Å². The van der Waals surface area contributed by atoms with E-state index in [0.29, 0.717) is 5.92 Å². The number of benzene rings is 1. The van der Waals surface area contributed by atoms with Crippen molar-refractivity contribution in [3.8, 4) is 0 Å². The van der Waals surface area contributed by atoms with E-state index in [9.17, 15) is 0 Å². The quantitative estimate of drug-likeness (QED) is 0.826. The summed E-state index contributed by atoms with van der Waals surface area (Å²) in [5, 5.41) is 0. The van der Waals surface area contributed by atoms with E-state index in [-0.39, 0.29) is 6.04 Å². The fourth-order valence-electron chi connectivity index (χ4n) is 3.17. The fraction of sp³-hybridized carbons (Fsp3) is 0.375. The molecule has 3 heteroatoms. The first-order chi connectivity index (χ1) is 9.16. The first kappa shape index (κ1) is 13.3. The SMILES string of the molecule is Cc1sc(Br)cc1C(N)C1CCCc2ccccc21. The van der Waals surface area contributed by atoms with Crippen LogP contribution in [0.5, 0.6) is 0 Å². The van der Waals surface area contributed by atoms with Gasteiger partial charge in [0.25, 0.3) is 0 Å². The molecule has 100 valence electrons. The third kappa shape index (κ3) is 2.51. The van der Waals surface area contributed by atoms with Gasteiger partial charge >= 0.3 is 0 Å². The summed E-state index contributed by atoms with van der Waals surface area (Å²) in [5.74, 6) is 0.463. The van der Waals surface area contributed by atoms with E-state index >= 15 is 0 Å². The van der Waals surface area contributed by atoms with Gasteiger partial charge in [0.2, 0.25) is 0 Å². The van der Waals surface area contributed by atoms with Crippen LogP contribution in [-0.4, -0.2) is 0 Å². The van der Waals surface area contributed by atoms with Crippen LogP contribution >= 0.6 is 27.3 Å². The third-order valence-corrected chi connectivity index (χ3v) is 5.70. The Bertz CT molecular complexity index is 590. The Morgan fingerprint density at radius 1 is 1.37 bits per heavy atom. The summed E-state index contributed by atoms with van der Waals surface area (Å²) in [6.45, 7) is 2.17. The van der Waals surface area contributed by atoms with Gasteiger partial charge in [0, 0.05) is 16.8 Å². The lowest BCUT2D eigenvalue weighted by atomic mass is 9.77. The molecule has 1 nitrogen and oxygen atoms in total. The van der Waals surface area contributed by atoms with Crippen LogP contribution < -0.4 is 5.73 Å². The maximum Gasteiger partial charge on any atom is 0.0704 e. The van der Waals surface area contributed by atoms with Crippen molar-refractivity contribution in [1.82, 2.24) is 0 Å². The summed E-state index contributed by atoms with van der Waals surface area (Å²) in [5.41, 5.74) is 10.8. The standard InChI is InChI=1S/C16H18BrNS/c1-10-14(9-15(17)19-10)16(18)13-8-4-6-11-5-2-3-7-12(11)13/h2-3,5,7,9,13,16H,4,6,8,18H2,1H3. The molecule has 0 saturated carbocycles. The normalized spacial score (nSPS) is 20.1. The molecular weight excluding hydrogens is 318 g/mol. The number of aryl methyl sites for hydroxylation is 2. The van der Waals surface area contributed by atoms with Crippen LogP contribution in [0.25, 0.3) is 0 Å². The second kappa shape index (κ2) is 5.39. The largest absolute Gasteiger partial charge is 0.323 e. The van der Waals surface area contributed by atoms with Gasteiger partial charge < -0.3 is 5.73 Å². The van der Waals surface area contributed by atoms with Crippen LogP contribution in [0.15, 0.2) is 34.1 Å². The molecule has 0 saturated heterocycles. The number of thiophene rings is 1. The van der Waals surface area contributed by atoms with Crippen LogP contribution in [0.2, 0.25) is 0 Å². The zero-order valence-electron chi connectivity index (χ0n) is 11.0. The maximum atomic E-state index is 6.58. The molecule has 0 fully saturated rings. The highest BCUT2D eigenvalue weighted by Crippen LogP contribution is 2.42. The molecule has 0 radical (unpaired) electrons. The molecule has 3 rings (SSSR count). The van der Waals surface area contributed by atoms with Gasteiger partial charge in [-0.15, -0.1) is 11.3 Å². The Balaban J connectivity index is 1.97. The second-order valence-electron chi connectivity index (χ2n) is 5.29. The first-order valence-electron chi connectivity index (χ1n) is 6.76. The second-order valence-corrected chi connectivity index (χ2v) is 7.92. The minimum Gasteiger partial charge on any atom is -0.323 e. The highest BCUT2D eigenvalue weighted by Gasteiger charge is 2.27. The van der Waals surface area contributed by atoms with Gasteiger partial charge in [0.15, 0.2) is 0 Å². The molecule has 2 unspecified atom stereocenters. The summed E-state index contributed by atoms with van der Waals surface area (Å²) in [7, 11) is 0. The topological polar surface area (TPSA) is 26.0 Å². The molecule has 1 aromatic carbocycles. The van der Waals surface area contributed by atoms with E-state index in [2.05, 4.69) is 53.2 Å². The molecule has 2 N–H and O–H groups in total. The maximum absolute atomic E-state index is 6.58. The summed E-state index contributed by atoms with van der Waals surface area (Å²) >= 11 is 5.35. The van der Waals surface area contributed by atoms with Crippen molar-refractivity contribution in [2.45, 2.75) is 38.1 Å². The molecule has 0 amide bonds. The Labute approximate surface area is 127 Å². The van der Waals surface area contributed by atoms with Crippen molar-refractivity contribution in [3.05, 3.63) is 55.7 Å².